The van der Waals surface area contributed by atoms with Crippen molar-refractivity contribution >= 4 is 51.3 Å². The van der Waals surface area contributed by atoms with Gasteiger partial charge in [0.05, 0.1) is 12.9 Å². The molecule has 0 radical (unpaired) electrons. The third kappa shape index (κ3) is 10.9. The Labute approximate surface area is 295 Å². The van der Waals surface area contributed by atoms with Crippen LogP contribution in [0.4, 0.5) is 5.95 Å². The number of anilines is 1. The summed E-state index contributed by atoms with van der Waals surface area (Å²) in [7, 11) is -11.7. The summed E-state index contributed by atoms with van der Waals surface area (Å²) in [5, 5.41) is 20.4. The van der Waals surface area contributed by atoms with Gasteiger partial charge in [0.15, 0.2) is 17.4 Å². The number of aliphatic hydroxyl groups excluding tert-OH is 2. The number of aromatic nitrogens is 4. The Hall–Kier alpha value is 2.86. The van der Waals surface area contributed by atoms with E-state index in [-0.39, 0.29) is 135 Å². The molecule has 5 N–H and O–H groups in total. The van der Waals surface area contributed by atoms with Crippen molar-refractivity contribution in [3.8, 4) is 0 Å². The van der Waals surface area contributed by atoms with E-state index in [1.807, 2.05) is 0 Å². The number of nitrogens with zero attached hydrogens (tertiary/aromatic N) is 3. The van der Waals surface area contributed by atoms with Crippen LogP contribution in [0.3, 0.4) is 0 Å². The zero-order chi connectivity index (χ0) is 24.1. The summed E-state index contributed by atoms with van der Waals surface area (Å²) in [6.45, 7) is -6.41. The first-order valence-corrected chi connectivity index (χ1v) is 13.5. The standard InChI is InChI=1S/C10H16N5O13P3S.4Na/c11-10-13-7-4(8(18)14-10)12-2-15(7)9-6(17)5(16)3(26-9)1-25-29(19,20)27-30(21,22)28-31(23,24)32;;;;/h2-3,5-6,9,16-17H,1H2,(H,19,20)(H,21,22)(H2,23,24,32)(H3,11,13,14,18);;;;/q;4*+1/p-4/t3-,5-,6-,9-;;;;/m1..../s1. The first-order chi connectivity index (χ1) is 14.6. The van der Waals surface area contributed by atoms with Crippen LogP contribution >= 0.6 is 22.4 Å². The molecule has 0 bridgehead atoms. The molecule has 1 aliphatic heterocycles. The van der Waals surface area contributed by atoms with Crippen molar-refractivity contribution in [2.75, 3.05) is 12.3 Å². The van der Waals surface area contributed by atoms with Crippen LogP contribution in [-0.4, -0.2) is 54.7 Å². The fraction of sp³-hybridized carbons (Fsp3) is 0.500. The van der Waals surface area contributed by atoms with Gasteiger partial charge in [0.1, 0.15) is 18.3 Å². The van der Waals surface area contributed by atoms with E-state index >= 15 is 0 Å². The first kappa shape index (κ1) is 41.0. The molecule has 0 aromatic carbocycles. The number of aromatic amines is 1. The summed E-state index contributed by atoms with van der Waals surface area (Å²) in [4.78, 5) is 66.0. The minimum Gasteiger partial charge on any atom is -0.812 e. The molecule has 0 spiro atoms. The Balaban J connectivity index is 0. The van der Waals surface area contributed by atoms with E-state index in [9.17, 15) is 43.7 Å². The molecule has 3 rings (SSSR count). The van der Waals surface area contributed by atoms with E-state index in [1.165, 1.54) is 0 Å². The van der Waals surface area contributed by atoms with E-state index in [2.05, 4.69) is 39.9 Å². The largest absolute Gasteiger partial charge is 1.00 e. The first-order valence-electron chi connectivity index (χ1n) is 8.04. The van der Waals surface area contributed by atoms with Crippen LogP contribution in [-0.2, 0) is 38.8 Å². The molecule has 1 saturated heterocycles. The van der Waals surface area contributed by atoms with Crippen molar-refractivity contribution in [2.45, 2.75) is 24.5 Å². The molecule has 6 atom stereocenters. The van der Waals surface area contributed by atoms with Crippen LogP contribution in [0.25, 0.3) is 11.2 Å². The van der Waals surface area contributed by atoms with E-state index in [0.717, 1.165) is 10.9 Å². The number of nitrogen functional groups attached to an aromatic ring is 1. The monoisotopic (exact) mass is 627 g/mol. The van der Waals surface area contributed by atoms with Gasteiger partial charge in [-0.05, 0) is 0 Å². The molecular weight excluding hydrogens is 615 g/mol. The molecule has 180 valence electrons. The summed E-state index contributed by atoms with van der Waals surface area (Å²) < 4.78 is 40.5. The van der Waals surface area contributed by atoms with Crippen molar-refractivity contribution in [1.29, 1.82) is 0 Å². The summed E-state index contributed by atoms with van der Waals surface area (Å²) in [6, 6.07) is 0. The Morgan fingerprint density at radius 2 is 1.69 bits per heavy atom. The Morgan fingerprint density at radius 1 is 1.11 bits per heavy atom. The van der Waals surface area contributed by atoms with E-state index in [4.69, 9.17) is 10.5 Å². The van der Waals surface area contributed by atoms with Gasteiger partial charge in [-0.15, -0.1) is 11.8 Å². The number of phosphoric ester groups is 1. The number of fused-ring (bicyclic) bond motifs is 1. The van der Waals surface area contributed by atoms with Crippen LogP contribution in [0.15, 0.2) is 11.1 Å². The summed E-state index contributed by atoms with van der Waals surface area (Å²) in [5.41, 5.74) is 4.46. The Kier molecular flexibility index (Phi) is 18.1. The summed E-state index contributed by atoms with van der Waals surface area (Å²) >= 11 is 3.67. The number of H-pyrrole nitrogens is 1. The molecule has 0 aliphatic carbocycles. The number of hydrogen-bond acceptors (Lipinski definition) is 17. The topological polar surface area (TPSA) is 293 Å². The van der Waals surface area contributed by atoms with E-state index < -0.39 is 59.1 Å². The van der Waals surface area contributed by atoms with Crippen molar-refractivity contribution < 1.29 is 175 Å². The number of aliphatic hydroxyl groups is 2. The summed E-state index contributed by atoms with van der Waals surface area (Å²) in [6.07, 6.45) is -5.46. The number of nitrogens with two attached hydrogens (primary N) is 1. The van der Waals surface area contributed by atoms with Crippen molar-refractivity contribution in [3.63, 3.8) is 0 Å². The molecule has 0 saturated carbocycles. The second-order valence-corrected chi connectivity index (χ2v) is 11.7. The smallest absolute Gasteiger partial charge is 0.812 e. The SMILES string of the molecule is Nc1nc2c(ncn2[C@@H]2O[C@H](COP(=O)([O-])OP(=O)([O-])OP([O-])([O-])=S)[C@@H](O)[C@H]2O)c(=O)[nH]1.[Na+].[Na+].[Na+].[Na+]. The van der Waals surface area contributed by atoms with Gasteiger partial charge in [-0.1, -0.05) is 6.72 Å². The van der Waals surface area contributed by atoms with Gasteiger partial charge >= 0.3 is 118 Å². The average Bonchev–Trinajstić information content (AvgIpc) is 3.12. The third-order valence-electron chi connectivity index (χ3n) is 3.86. The molecule has 0 amide bonds. The second kappa shape index (κ2) is 15.9. The number of nitrogens with one attached hydrogen (secondary N) is 1. The van der Waals surface area contributed by atoms with Crippen LogP contribution in [0.5, 0.6) is 0 Å². The predicted molar refractivity (Wildman–Crippen MR) is 96.1 cm³/mol. The number of hydrogen-bond donors (Lipinski definition) is 4. The van der Waals surface area contributed by atoms with Crippen LogP contribution in [0.2, 0.25) is 0 Å². The van der Waals surface area contributed by atoms with Crippen molar-refractivity contribution in [2.24, 2.45) is 0 Å². The van der Waals surface area contributed by atoms with E-state index in [0.29, 0.717) is 0 Å². The summed E-state index contributed by atoms with van der Waals surface area (Å²) in [5.74, 6) is -0.285. The maximum atomic E-state index is 11.8. The zero-order valence-electron chi connectivity index (χ0n) is 19.1. The maximum absolute atomic E-state index is 11.8. The number of rotatable bonds is 8. The van der Waals surface area contributed by atoms with Gasteiger partial charge in [-0.25, -0.2) is 9.29 Å². The van der Waals surface area contributed by atoms with Gasteiger partial charge in [0.25, 0.3) is 21.2 Å². The molecule has 2 aromatic heterocycles. The van der Waals surface area contributed by atoms with Crippen molar-refractivity contribution in [3.05, 3.63) is 16.7 Å². The Morgan fingerprint density at radius 3 is 2.25 bits per heavy atom. The quantitative estimate of drug-likeness (QED) is 0.156. The minimum atomic E-state index is -5.96. The van der Waals surface area contributed by atoms with Crippen LogP contribution in [0, 0.1) is 0 Å². The zero-order valence-corrected chi connectivity index (χ0v) is 30.6. The van der Waals surface area contributed by atoms with Gasteiger partial charge in [-0.2, -0.15) is 4.98 Å². The third-order valence-corrected chi connectivity index (χ3v) is 8.12. The maximum Gasteiger partial charge on any atom is 1.00 e. The minimum absolute atomic E-state index is 0. The fourth-order valence-electron chi connectivity index (χ4n) is 2.67. The Bertz CT molecular complexity index is 1230. The number of ether oxygens (including phenoxy) is 1. The predicted octanol–water partition coefficient (Wildman–Crippen LogP) is -16.7. The number of imidazole rings is 1. The van der Waals surface area contributed by atoms with E-state index in [1.54, 1.807) is 0 Å². The van der Waals surface area contributed by atoms with Gasteiger partial charge in [0.2, 0.25) is 5.95 Å². The van der Waals surface area contributed by atoms with Crippen LogP contribution < -0.4 is 149 Å². The molecule has 2 aromatic rings. The van der Waals surface area contributed by atoms with Crippen LogP contribution in [0.1, 0.15) is 6.23 Å². The molecular formula is C10H12N5Na4O13P3S. The molecule has 26 heteroatoms. The molecule has 18 nitrogen and oxygen atoms in total. The van der Waals surface area contributed by atoms with Gasteiger partial charge < -0.3 is 49.1 Å². The molecule has 3 heterocycles. The van der Waals surface area contributed by atoms with Gasteiger partial charge in [-0.3, -0.25) is 23.5 Å². The molecule has 2 unspecified atom stereocenters. The second-order valence-electron chi connectivity index (χ2n) is 6.12. The van der Waals surface area contributed by atoms with Crippen molar-refractivity contribution in [1.82, 2.24) is 19.5 Å². The van der Waals surface area contributed by atoms with Gasteiger partial charge in [0, 0.05) is 0 Å². The average molecular weight is 627 g/mol. The molecule has 1 aliphatic rings. The molecule has 1 fully saturated rings. The normalized spacial score (nSPS) is 24.8. The molecule has 36 heavy (non-hydrogen) atoms. The fourth-order valence-corrected chi connectivity index (χ4v) is 6.27. The number of phosphoric acid groups is 2.